The number of esters is 1. The zero-order valence-electron chi connectivity index (χ0n) is 15.4. The lowest BCUT2D eigenvalue weighted by Gasteiger charge is -2.10. The zero-order chi connectivity index (χ0) is 21.0. The van der Waals surface area contributed by atoms with Crippen molar-refractivity contribution in [3.63, 3.8) is 0 Å². The van der Waals surface area contributed by atoms with Crippen molar-refractivity contribution >= 4 is 23.0 Å². The lowest BCUT2D eigenvalue weighted by molar-refractivity contribution is -0.400. The number of nitro groups is 1. The van der Waals surface area contributed by atoms with Crippen LogP contribution < -0.4 is 19.8 Å². The molecule has 0 fully saturated rings. The number of nitrogens with zero attached hydrogens (tertiary/aromatic N) is 1. The Hall–Kier alpha value is -4.14. The first-order valence-electron chi connectivity index (χ1n) is 8.25. The second kappa shape index (κ2) is 8.26. The molecule has 1 aromatic heterocycles. The van der Waals surface area contributed by atoms with Crippen molar-refractivity contribution in [3.8, 4) is 17.2 Å². The molecule has 29 heavy (non-hydrogen) atoms. The third-order valence-electron chi connectivity index (χ3n) is 3.94. The lowest BCUT2D eigenvalue weighted by Crippen LogP contribution is -2.19. The van der Waals surface area contributed by atoms with Gasteiger partial charge in [0.05, 0.1) is 19.1 Å². The Morgan fingerprint density at radius 2 is 1.86 bits per heavy atom. The number of hydrogen-bond donors (Lipinski definition) is 0. The fourth-order valence-corrected chi connectivity index (χ4v) is 2.54. The summed E-state index contributed by atoms with van der Waals surface area (Å²) in [6.45, 7) is 0. The number of benzene rings is 2. The van der Waals surface area contributed by atoms with Crippen molar-refractivity contribution in [2.45, 2.75) is 0 Å². The van der Waals surface area contributed by atoms with Crippen molar-refractivity contribution in [1.82, 2.24) is 0 Å². The second-order valence-electron chi connectivity index (χ2n) is 5.75. The first-order chi connectivity index (χ1) is 13.9. The molecule has 0 aliphatic carbocycles. The van der Waals surface area contributed by atoms with Gasteiger partial charge in [-0.3, -0.25) is 10.1 Å². The minimum Gasteiger partial charge on any atom is -0.497 e. The Bertz CT molecular complexity index is 1180. The molecule has 2 aromatic carbocycles. The van der Waals surface area contributed by atoms with Gasteiger partial charge in [-0.1, -0.05) is 6.07 Å². The number of hydrogen-bond acceptors (Lipinski definition) is 8. The average molecular weight is 397 g/mol. The van der Waals surface area contributed by atoms with E-state index >= 15 is 0 Å². The predicted molar refractivity (Wildman–Crippen MR) is 103 cm³/mol. The Kier molecular flexibility index (Phi) is 5.59. The molecule has 9 nitrogen and oxygen atoms in total. The van der Waals surface area contributed by atoms with Gasteiger partial charge in [0.25, 0.3) is 0 Å². The minimum atomic E-state index is -0.935. The van der Waals surface area contributed by atoms with Gasteiger partial charge in [0.2, 0.25) is 6.20 Å². The summed E-state index contributed by atoms with van der Waals surface area (Å²) in [5.74, 6) is -0.197. The smallest absolute Gasteiger partial charge is 0.351 e. The van der Waals surface area contributed by atoms with E-state index in [1.54, 1.807) is 18.2 Å². The zero-order valence-corrected chi connectivity index (χ0v) is 15.4. The molecule has 0 amide bonds. The summed E-state index contributed by atoms with van der Waals surface area (Å²) < 4.78 is 20.7. The van der Waals surface area contributed by atoms with Crippen LogP contribution in [0.3, 0.4) is 0 Å². The molecule has 0 unspecified atom stereocenters. The van der Waals surface area contributed by atoms with Crippen LogP contribution in [0.2, 0.25) is 0 Å². The van der Waals surface area contributed by atoms with Crippen molar-refractivity contribution < 1.29 is 28.3 Å². The SMILES string of the molecule is COc1ccc2oc(=O)c(C(=O)Oc3ccc(/C=C/[N+](=O)[O-])cc3OC)cc2c1. The Morgan fingerprint density at radius 3 is 2.55 bits per heavy atom. The minimum absolute atomic E-state index is 0.0425. The van der Waals surface area contributed by atoms with E-state index in [0.29, 0.717) is 22.3 Å². The highest BCUT2D eigenvalue weighted by Crippen LogP contribution is 2.29. The van der Waals surface area contributed by atoms with E-state index in [4.69, 9.17) is 18.6 Å². The molecule has 0 radical (unpaired) electrons. The Balaban J connectivity index is 1.92. The number of carbonyl (C=O) groups is 1. The van der Waals surface area contributed by atoms with Crippen LogP contribution in [-0.4, -0.2) is 25.1 Å². The summed E-state index contributed by atoms with van der Waals surface area (Å²) in [4.78, 5) is 34.5. The summed E-state index contributed by atoms with van der Waals surface area (Å²) >= 11 is 0. The summed E-state index contributed by atoms with van der Waals surface area (Å²) in [5.41, 5.74) is -0.384. The maximum atomic E-state index is 12.5. The quantitative estimate of drug-likeness (QED) is 0.204. The van der Waals surface area contributed by atoms with E-state index in [9.17, 15) is 19.7 Å². The molecule has 0 aliphatic rings. The summed E-state index contributed by atoms with van der Waals surface area (Å²) in [6, 6.07) is 10.5. The van der Waals surface area contributed by atoms with E-state index in [0.717, 1.165) is 6.20 Å². The Labute approximate surface area is 163 Å². The van der Waals surface area contributed by atoms with Gasteiger partial charge in [0.15, 0.2) is 11.5 Å². The van der Waals surface area contributed by atoms with E-state index in [1.165, 1.54) is 44.6 Å². The molecule has 0 saturated carbocycles. The van der Waals surface area contributed by atoms with Crippen LogP contribution in [0.5, 0.6) is 17.2 Å². The predicted octanol–water partition coefficient (Wildman–Crippen LogP) is 3.28. The van der Waals surface area contributed by atoms with Crippen molar-refractivity contribution in [1.29, 1.82) is 0 Å². The fraction of sp³-hybridized carbons (Fsp3) is 0.100. The topological polar surface area (TPSA) is 118 Å². The molecular formula is C20H15NO8. The number of ether oxygens (including phenoxy) is 3. The third kappa shape index (κ3) is 4.41. The summed E-state index contributed by atoms with van der Waals surface area (Å²) in [5, 5.41) is 10.9. The molecule has 9 heteroatoms. The van der Waals surface area contributed by atoms with Gasteiger partial charge in [0, 0.05) is 11.5 Å². The van der Waals surface area contributed by atoms with Gasteiger partial charge < -0.3 is 18.6 Å². The average Bonchev–Trinajstić information content (AvgIpc) is 2.71. The maximum Gasteiger partial charge on any atom is 0.351 e. The van der Waals surface area contributed by atoms with Crippen LogP contribution in [0.25, 0.3) is 17.0 Å². The van der Waals surface area contributed by atoms with Gasteiger partial charge in [-0.05, 0) is 42.0 Å². The molecule has 3 rings (SSSR count). The van der Waals surface area contributed by atoms with Crippen LogP contribution >= 0.6 is 0 Å². The van der Waals surface area contributed by atoms with Gasteiger partial charge in [-0.25, -0.2) is 9.59 Å². The van der Waals surface area contributed by atoms with Crippen LogP contribution in [-0.2, 0) is 0 Å². The number of fused-ring (bicyclic) bond motifs is 1. The fourth-order valence-electron chi connectivity index (χ4n) is 2.54. The first-order valence-corrected chi connectivity index (χ1v) is 8.25. The molecule has 0 bridgehead atoms. The van der Waals surface area contributed by atoms with Gasteiger partial charge in [0.1, 0.15) is 16.9 Å². The molecule has 0 saturated heterocycles. The highest BCUT2D eigenvalue weighted by Gasteiger charge is 2.18. The molecule has 0 atom stereocenters. The van der Waals surface area contributed by atoms with Crippen LogP contribution in [0.4, 0.5) is 0 Å². The van der Waals surface area contributed by atoms with Gasteiger partial charge in [-0.2, -0.15) is 0 Å². The van der Waals surface area contributed by atoms with Gasteiger partial charge in [-0.15, -0.1) is 0 Å². The second-order valence-corrected chi connectivity index (χ2v) is 5.75. The summed E-state index contributed by atoms with van der Waals surface area (Å²) in [6.07, 6.45) is 2.04. The molecular weight excluding hydrogens is 382 g/mol. The molecule has 148 valence electrons. The molecule has 3 aromatic rings. The normalized spacial score (nSPS) is 10.8. The molecule has 0 N–H and O–H groups in total. The van der Waals surface area contributed by atoms with E-state index in [-0.39, 0.29) is 17.1 Å². The largest absolute Gasteiger partial charge is 0.497 e. The van der Waals surface area contributed by atoms with E-state index in [1.807, 2.05) is 0 Å². The lowest BCUT2D eigenvalue weighted by atomic mass is 10.1. The number of methoxy groups -OCH3 is 2. The Morgan fingerprint density at radius 1 is 1.07 bits per heavy atom. The molecule has 0 aliphatic heterocycles. The first kappa shape index (κ1) is 19.6. The van der Waals surface area contributed by atoms with Crippen molar-refractivity contribution in [3.05, 3.63) is 80.3 Å². The van der Waals surface area contributed by atoms with Crippen LogP contribution in [0.15, 0.2) is 57.9 Å². The van der Waals surface area contributed by atoms with Gasteiger partial charge >= 0.3 is 11.6 Å². The molecule has 1 heterocycles. The van der Waals surface area contributed by atoms with Crippen LogP contribution in [0.1, 0.15) is 15.9 Å². The van der Waals surface area contributed by atoms with E-state index < -0.39 is 16.5 Å². The number of carbonyl (C=O) groups excluding carboxylic acids is 1. The number of rotatable bonds is 6. The van der Waals surface area contributed by atoms with E-state index in [2.05, 4.69) is 0 Å². The highest BCUT2D eigenvalue weighted by molar-refractivity contribution is 5.94. The van der Waals surface area contributed by atoms with Crippen molar-refractivity contribution in [2.75, 3.05) is 14.2 Å². The van der Waals surface area contributed by atoms with Crippen molar-refractivity contribution in [2.24, 2.45) is 0 Å². The standard InChI is InChI=1S/C20H15NO8/c1-26-14-4-6-16-13(10-14)11-15(19(22)28-16)20(23)29-17-5-3-12(7-8-21(24)25)9-18(17)27-2/h3-11H,1-2H3/b8-7+. The third-order valence-corrected chi connectivity index (χ3v) is 3.94. The monoisotopic (exact) mass is 397 g/mol. The maximum absolute atomic E-state index is 12.5. The highest BCUT2D eigenvalue weighted by atomic mass is 16.6. The summed E-state index contributed by atoms with van der Waals surface area (Å²) in [7, 11) is 2.84. The molecule has 0 spiro atoms. The van der Waals surface area contributed by atoms with Crippen LogP contribution in [0, 0.1) is 10.1 Å².